The van der Waals surface area contributed by atoms with E-state index >= 15 is 0 Å². The molecule has 3 atom stereocenters. The van der Waals surface area contributed by atoms with Crippen molar-refractivity contribution in [3.05, 3.63) is 72.3 Å². The summed E-state index contributed by atoms with van der Waals surface area (Å²) >= 11 is 0. The maximum Gasteiger partial charge on any atom is 0.261 e. The zero-order valence-corrected chi connectivity index (χ0v) is 19.5. The van der Waals surface area contributed by atoms with E-state index in [1.54, 1.807) is 0 Å². The van der Waals surface area contributed by atoms with Crippen molar-refractivity contribution in [3.63, 3.8) is 0 Å². The van der Waals surface area contributed by atoms with E-state index in [-0.39, 0.29) is 17.2 Å². The number of fused-ring (bicyclic) bond motifs is 1. The topological polar surface area (TPSA) is 47.9 Å². The maximum atomic E-state index is 10.5. The molecule has 1 aliphatic heterocycles. The fourth-order valence-corrected chi connectivity index (χ4v) is 9.36. The quantitative estimate of drug-likeness (QED) is 0.590. The van der Waals surface area contributed by atoms with Crippen LogP contribution in [0.4, 0.5) is 0 Å². The van der Waals surface area contributed by atoms with Crippen LogP contribution in [0.2, 0.25) is 5.04 Å². The Labute approximate surface area is 180 Å². The van der Waals surface area contributed by atoms with Crippen molar-refractivity contribution in [2.75, 3.05) is 6.61 Å². The minimum atomic E-state index is -2.64. The lowest BCUT2D eigenvalue weighted by atomic mass is 10.1. The number of hydrogen-bond donors (Lipinski definition) is 1. The lowest BCUT2D eigenvalue weighted by molar-refractivity contribution is -0.153. The minimum absolute atomic E-state index is 0.0980. The Morgan fingerprint density at radius 3 is 1.97 bits per heavy atom. The van der Waals surface area contributed by atoms with E-state index in [2.05, 4.69) is 69.3 Å². The van der Waals surface area contributed by atoms with E-state index in [0.717, 1.165) is 5.57 Å². The lowest BCUT2D eigenvalue weighted by Crippen LogP contribution is -2.66. The largest absolute Gasteiger partial charge is 0.403 e. The van der Waals surface area contributed by atoms with Gasteiger partial charge in [-0.05, 0) is 40.9 Å². The molecule has 1 fully saturated rings. The van der Waals surface area contributed by atoms with Crippen LogP contribution in [0.5, 0.6) is 0 Å². The molecule has 2 aliphatic rings. The van der Waals surface area contributed by atoms with Crippen LogP contribution in [0.25, 0.3) is 0 Å². The van der Waals surface area contributed by atoms with E-state index in [1.807, 2.05) is 32.1 Å². The molecule has 5 heteroatoms. The van der Waals surface area contributed by atoms with Crippen LogP contribution in [-0.2, 0) is 13.9 Å². The summed E-state index contributed by atoms with van der Waals surface area (Å²) in [4.78, 5) is 0. The Hall–Kier alpha value is -1.76. The fourth-order valence-electron chi connectivity index (χ4n) is 4.82. The Balaban J connectivity index is 1.72. The molecule has 0 bridgehead atoms. The average Bonchev–Trinajstić information content (AvgIpc) is 3.17. The number of hydrogen-bond acceptors (Lipinski definition) is 4. The molecule has 0 unspecified atom stereocenters. The van der Waals surface area contributed by atoms with Crippen LogP contribution in [0, 0.1) is 0 Å². The third-order valence-electron chi connectivity index (χ3n) is 6.09. The zero-order chi connectivity index (χ0) is 21.6. The minimum Gasteiger partial charge on any atom is -0.403 e. The summed E-state index contributed by atoms with van der Waals surface area (Å²) in [5.74, 6) is -0.701. The fraction of sp³-hybridized carbons (Fsp3) is 0.440. The highest BCUT2D eigenvalue weighted by Crippen LogP contribution is 2.41. The molecule has 1 saturated heterocycles. The second kappa shape index (κ2) is 7.73. The van der Waals surface area contributed by atoms with Gasteiger partial charge in [0.25, 0.3) is 8.32 Å². The normalized spacial score (nSPS) is 25.8. The van der Waals surface area contributed by atoms with Crippen molar-refractivity contribution >= 4 is 18.7 Å². The third-order valence-corrected chi connectivity index (χ3v) is 11.1. The van der Waals surface area contributed by atoms with Gasteiger partial charge in [-0.3, -0.25) is 0 Å². The number of rotatable bonds is 5. The van der Waals surface area contributed by atoms with Gasteiger partial charge in [0.2, 0.25) is 0 Å². The second-order valence-electron chi connectivity index (χ2n) is 9.70. The monoisotopic (exact) mass is 424 g/mol. The van der Waals surface area contributed by atoms with Gasteiger partial charge in [0.1, 0.15) is 18.3 Å². The van der Waals surface area contributed by atoms with Crippen LogP contribution < -0.4 is 10.4 Å². The van der Waals surface area contributed by atoms with Gasteiger partial charge in [0.15, 0.2) is 5.79 Å². The Bertz CT molecular complexity index is 862. The molecule has 0 spiro atoms. The summed E-state index contributed by atoms with van der Waals surface area (Å²) < 4.78 is 19.0. The highest BCUT2D eigenvalue weighted by molar-refractivity contribution is 6.99. The molecule has 160 valence electrons. The average molecular weight is 425 g/mol. The van der Waals surface area contributed by atoms with Gasteiger partial charge in [-0.25, -0.2) is 0 Å². The van der Waals surface area contributed by atoms with E-state index in [9.17, 15) is 5.11 Å². The second-order valence-corrected chi connectivity index (χ2v) is 14.0. The number of benzene rings is 2. The Morgan fingerprint density at radius 2 is 1.47 bits per heavy atom. The summed E-state index contributed by atoms with van der Waals surface area (Å²) in [5.41, 5.74) is 0.964. The molecule has 30 heavy (non-hydrogen) atoms. The molecular weight excluding hydrogens is 392 g/mol. The van der Waals surface area contributed by atoms with E-state index in [1.165, 1.54) is 10.4 Å². The van der Waals surface area contributed by atoms with Crippen molar-refractivity contribution < 1.29 is 19.0 Å². The van der Waals surface area contributed by atoms with Gasteiger partial charge in [0.05, 0.1) is 6.61 Å². The van der Waals surface area contributed by atoms with Crippen molar-refractivity contribution in [1.29, 1.82) is 0 Å². The Morgan fingerprint density at radius 1 is 0.933 bits per heavy atom. The molecule has 2 aromatic carbocycles. The van der Waals surface area contributed by atoms with Gasteiger partial charge in [-0.2, -0.15) is 0 Å². The van der Waals surface area contributed by atoms with Crippen molar-refractivity contribution in [2.45, 2.75) is 63.8 Å². The SMILES string of the molecule is CC1(C)O[C@@H]2[C@H](O1)C(CO[Si](c1ccccc1)(c1ccccc1)C(C)(C)C)=C[C@@H]2O. The first-order valence-electron chi connectivity index (χ1n) is 10.6. The van der Waals surface area contributed by atoms with Gasteiger partial charge in [-0.15, -0.1) is 0 Å². The van der Waals surface area contributed by atoms with Gasteiger partial charge >= 0.3 is 0 Å². The zero-order valence-electron chi connectivity index (χ0n) is 18.5. The van der Waals surface area contributed by atoms with Crippen LogP contribution in [0.15, 0.2) is 72.3 Å². The first-order valence-corrected chi connectivity index (χ1v) is 12.5. The van der Waals surface area contributed by atoms with Crippen LogP contribution in [0.1, 0.15) is 34.6 Å². The molecule has 0 saturated carbocycles. The van der Waals surface area contributed by atoms with Crippen LogP contribution in [-0.4, -0.2) is 44.1 Å². The molecule has 2 aromatic rings. The highest BCUT2D eigenvalue weighted by atomic mass is 28.4. The predicted octanol–water partition coefficient (Wildman–Crippen LogP) is 3.38. The first kappa shape index (κ1) is 21.5. The molecule has 0 radical (unpaired) electrons. The molecule has 4 nitrogen and oxygen atoms in total. The number of aliphatic hydroxyl groups excluding tert-OH is 1. The van der Waals surface area contributed by atoms with E-state index in [4.69, 9.17) is 13.9 Å². The molecule has 1 N–H and O–H groups in total. The van der Waals surface area contributed by atoms with Crippen molar-refractivity contribution in [2.24, 2.45) is 0 Å². The third kappa shape index (κ3) is 3.70. The standard InChI is InChI=1S/C25H32O4Si/c1-24(2,3)30(19-12-8-6-9-13-19,20-14-10-7-11-15-20)27-17-18-16-21(26)23-22(18)28-25(4,5)29-23/h6-16,21-23,26H,17H2,1-5H3/t21-,22+,23-/m0/s1. The van der Waals surface area contributed by atoms with E-state index in [0.29, 0.717) is 6.61 Å². The van der Waals surface area contributed by atoms with Gasteiger partial charge < -0.3 is 19.0 Å². The summed E-state index contributed by atoms with van der Waals surface area (Å²) in [5, 5.41) is 12.9. The summed E-state index contributed by atoms with van der Waals surface area (Å²) in [6, 6.07) is 21.2. The molecule has 1 heterocycles. The molecule has 0 aromatic heterocycles. The van der Waals surface area contributed by atoms with Gasteiger partial charge in [0, 0.05) is 0 Å². The lowest BCUT2D eigenvalue weighted by Gasteiger charge is -2.43. The van der Waals surface area contributed by atoms with Crippen LogP contribution >= 0.6 is 0 Å². The smallest absolute Gasteiger partial charge is 0.261 e. The molecule has 0 amide bonds. The summed E-state index contributed by atoms with van der Waals surface area (Å²) in [6.45, 7) is 11.0. The summed E-state index contributed by atoms with van der Waals surface area (Å²) in [7, 11) is -2.64. The number of ether oxygens (including phenoxy) is 2. The highest BCUT2D eigenvalue weighted by Gasteiger charge is 2.53. The number of aliphatic hydroxyl groups is 1. The van der Waals surface area contributed by atoms with Gasteiger partial charge in [-0.1, -0.05) is 81.4 Å². The van der Waals surface area contributed by atoms with Crippen molar-refractivity contribution in [3.8, 4) is 0 Å². The molecule has 4 rings (SSSR count). The maximum absolute atomic E-state index is 10.5. The predicted molar refractivity (Wildman–Crippen MR) is 121 cm³/mol. The van der Waals surface area contributed by atoms with E-state index < -0.39 is 20.2 Å². The Kier molecular flexibility index (Phi) is 5.53. The summed E-state index contributed by atoms with van der Waals surface area (Å²) in [6.07, 6.45) is 0.544. The molecule has 1 aliphatic carbocycles. The molecular formula is C25H32O4Si. The van der Waals surface area contributed by atoms with Crippen molar-refractivity contribution in [1.82, 2.24) is 0 Å². The van der Waals surface area contributed by atoms with Crippen LogP contribution in [0.3, 0.4) is 0 Å². The first-order chi connectivity index (χ1) is 14.1.